The predicted octanol–water partition coefficient (Wildman–Crippen LogP) is 2.48. The number of amides is 1. The molecule has 2 aromatic rings. The maximum Gasteiger partial charge on any atom is 0.335 e. The van der Waals surface area contributed by atoms with Crippen LogP contribution in [0.3, 0.4) is 0 Å². The molecule has 7 heteroatoms. The molecule has 1 heterocycles. The molecule has 2 rings (SSSR count). The average molecular weight is 331 g/mol. The number of hydrogen-bond acceptors (Lipinski definition) is 5. The van der Waals surface area contributed by atoms with Crippen molar-refractivity contribution >= 4 is 11.9 Å². The summed E-state index contributed by atoms with van der Waals surface area (Å²) in [6, 6.07) is 6.48. The van der Waals surface area contributed by atoms with Crippen LogP contribution in [-0.4, -0.2) is 39.1 Å². The van der Waals surface area contributed by atoms with Crippen molar-refractivity contribution in [2.45, 2.75) is 39.2 Å². The molecule has 1 N–H and O–H groups in total. The highest BCUT2D eigenvalue weighted by atomic mass is 16.5. The van der Waals surface area contributed by atoms with Gasteiger partial charge >= 0.3 is 5.97 Å². The van der Waals surface area contributed by atoms with E-state index >= 15 is 0 Å². The number of aromatic nitrogens is 2. The summed E-state index contributed by atoms with van der Waals surface area (Å²) < 4.78 is 5.12. The van der Waals surface area contributed by atoms with Crippen LogP contribution in [0.25, 0.3) is 0 Å². The first kappa shape index (κ1) is 17.7. The number of rotatable bonds is 7. The zero-order chi connectivity index (χ0) is 17.7. The molecule has 24 heavy (non-hydrogen) atoms. The second-order valence-electron chi connectivity index (χ2n) is 5.95. The predicted molar refractivity (Wildman–Crippen MR) is 86.6 cm³/mol. The lowest BCUT2D eigenvalue weighted by atomic mass is 10.1. The van der Waals surface area contributed by atoms with Gasteiger partial charge in [0, 0.05) is 32.4 Å². The second-order valence-corrected chi connectivity index (χ2v) is 5.95. The fourth-order valence-corrected chi connectivity index (χ4v) is 2.12. The highest BCUT2D eigenvalue weighted by Crippen LogP contribution is 2.12. The highest BCUT2D eigenvalue weighted by Gasteiger charge is 2.14. The molecule has 0 spiro atoms. The molecule has 0 fully saturated rings. The van der Waals surface area contributed by atoms with Gasteiger partial charge in [-0.2, -0.15) is 4.98 Å². The molecule has 1 aromatic carbocycles. The molecule has 0 unspecified atom stereocenters. The summed E-state index contributed by atoms with van der Waals surface area (Å²) in [6.45, 7) is 4.37. The van der Waals surface area contributed by atoms with Crippen molar-refractivity contribution in [2.24, 2.45) is 0 Å². The van der Waals surface area contributed by atoms with Crippen LogP contribution in [0.4, 0.5) is 0 Å². The zero-order valence-electron chi connectivity index (χ0n) is 14.0. The van der Waals surface area contributed by atoms with Gasteiger partial charge in [0.15, 0.2) is 5.82 Å². The minimum Gasteiger partial charge on any atom is -0.478 e. The van der Waals surface area contributed by atoms with Gasteiger partial charge in [0.2, 0.25) is 11.8 Å². The van der Waals surface area contributed by atoms with Crippen LogP contribution in [0.5, 0.6) is 0 Å². The molecule has 128 valence electrons. The molecular weight excluding hydrogens is 310 g/mol. The van der Waals surface area contributed by atoms with Crippen molar-refractivity contribution in [2.75, 3.05) is 7.05 Å². The van der Waals surface area contributed by atoms with E-state index in [1.54, 1.807) is 24.1 Å². The van der Waals surface area contributed by atoms with Crippen LogP contribution in [0.2, 0.25) is 0 Å². The Bertz CT molecular complexity index is 707. The number of carboxylic acid groups (broad SMARTS) is 1. The molecule has 0 saturated carbocycles. The maximum atomic E-state index is 12.2. The molecule has 0 bridgehead atoms. The van der Waals surface area contributed by atoms with Crippen molar-refractivity contribution in [1.29, 1.82) is 0 Å². The smallest absolute Gasteiger partial charge is 0.335 e. The fourth-order valence-electron chi connectivity index (χ4n) is 2.12. The highest BCUT2D eigenvalue weighted by molar-refractivity contribution is 5.87. The molecule has 0 aliphatic carbocycles. The fraction of sp³-hybridized carbons (Fsp3) is 0.412. The van der Waals surface area contributed by atoms with Crippen LogP contribution < -0.4 is 0 Å². The normalized spacial score (nSPS) is 10.8. The molecule has 0 aliphatic rings. The summed E-state index contributed by atoms with van der Waals surface area (Å²) in [4.78, 5) is 28.8. The average Bonchev–Trinajstić information content (AvgIpc) is 3.02. The molecule has 7 nitrogen and oxygen atoms in total. The Morgan fingerprint density at radius 2 is 1.92 bits per heavy atom. The molecule has 0 aliphatic heterocycles. The van der Waals surface area contributed by atoms with Gasteiger partial charge in [0.1, 0.15) is 0 Å². The lowest BCUT2D eigenvalue weighted by molar-refractivity contribution is -0.130. The second kappa shape index (κ2) is 7.72. The van der Waals surface area contributed by atoms with E-state index in [0.717, 1.165) is 5.56 Å². The maximum absolute atomic E-state index is 12.2. The Morgan fingerprint density at radius 3 is 2.46 bits per heavy atom. The van der Waals surface area contributed by atoms with E-state index in [0.29, 0.717) is 24.7 Å². The number of aryl methyl sites for hydroxylation is 1. The van der Waals surface area contributed by atoms with Gasteiger partial charge in [-0.3, -0.25) is 4.79 Å². The van der Waals surface area contributed by atoms with Crippen molar-refractivity contribution in [3.63, 3.8) is 0 Å². The van der Waals surface area contributed by atoms with E-state index < -0.39 is 5.97 Å². The van der Waals surface area contributed by atoms with Gasteiger partial charge in [-0.05, 0) is 17.7 Å². The summed E-state index contributed by atoms with van der Waals surface area (Å²) in [5.74, 6) is 0.290. The summed E-state index contributed by atoms with van der Waals surface area (Å²) in [6.07, 6.45) is 0.685. The monoisotopic (exact) mass is 331 g/mol. The molecule has 1 aromatic heterocycles. The number of aromatic carboxylic acids is 1. The third-order valence-corrected chi connectivity index (χ3v) is 3.60. The first-order valence-corrected chi connectivity index (χ1v) is 7.75. The lowest BCUT2D eigenvalue weighted by Gasteiger charge is -2.17. The van der Waals surface area contributed by atoms with Crippen LogP contribution in [0.15, 0.2) is 28.8 Å². The van der Waals surface area contributed by atoms with Crippen molar-refractivity contribution in [3.05, 3.63) is 47.1 Å². The van der Waals surface area contributed by atoms with Gasteiger partial charge in [0.25, 0.3) is 0 Å². The van der Waals surface area contributed by atoms with Crippen molar-refractivity contribution in [3.8, 4) is 0 Å². The van der Waals surface area contributed by atoms with Crippen LogP contribution in [0.1, 0.15) is 53.8 Å². The number of nitrogens with zero attached hydrogens (tertiary/aromatic N) is 3. The number of carbonyl (C=O) groups excluding carboxylic acids is 1. The van der Waals surface area contributed by atoms with Crippen molar-refractivity contribution in [1.82, 2.24) is 15.0 Å². The first-order valence-electron chi connectivity index (χ1n) is 7.75. The van der Waals surface area contributed by atoms with Crippen LogP contribution in [0, 0.1) is 0 Å². The van der Waals surface area contributed by atoms with E-state index in [9.17, 15) is 9.59 Å². The van der Waals surface area contributed by atoms with Crippen LogP contribution >= 0.6 is 0 Å². The number of carboxylic acids is 1. The van der Waals surface area contributed by atoms with E-state index in [1.165, 1.54) is 12.1 Å². The van der Waals surface area contributed by atoms with Crippen molar-refractivity contribution < 1.29 is 19.2 Å². The number of benzene rings is 1. The van der Waals surface area contributed by atoms with E-state index in [1.807, 2.05) is 13.8 Å². The SMILES string of the molecule is CC(C)c1noc(CCC(=O)N(C)Cc2ccc(C(=O)O)cc2)n1. The Labute approximate surface area is 140 Å². The third-order valence-electron chi connectivity index (χ3n) is 3.60. The molecule has 0 saturated heterocycles. The summed E-state index contributed by atoms with van der Waals surface area (Å²) in [5.41, 5.74) is 1.10. The first-order chi connectivity index (χ1) is 11.4. The molecule has 0 radical (unpaired) electrons. The molecular formula is C17H21N3O4. The third kappa shape index (κ3) is 4.65. The Kier molecular flexibility index (Phi) is 5.68. The summed E-state index contributed by atoms with van der Waals surface area (Å²) in [5, 5.41) is 12.7. The standard InChI is InChI=1S/C17H21N3O4/c1-11(2)16-18-14(24-19-16)8-9-15(21)20(3)10-12-4-6-13(7-5-12)17(22)23/h4-7,11H,8-10H2,1-3H3,(H,22,23). The number of carbonyl (C=O) groups is 2. The lowest BCUT2D eigenvalue weighted by Crippen LogP contribution is -2.26. The molecule has 1 amide bonds. The Hall–Kier alpha value is -2.70. The van der Waals surface area contributed by atoms with Gasteiger partial charge < -0.3 is 14.5 Å². The quantitative estimate of drug-likeness (QED) is 0.837. The van der Waals surface area contributed by atoms with E-state index in [4.69, 9.17) is 9.63 Å². The van der Waals surface area contributed by atoms with Gasteiger partial charge in [-0.1, -0.05) is 31.1 Å². The van der Waals surface area contributed by atoms with E-state index in [-0.39, 0.29) is 23.8 Å². The Morgan fingerprint density at radius 1 is 1.25 bits per heavy atom. The minimum atomic E-state index is -0.966. The van der Waals surface area contributed by atoms with Gasteiger partial charge in [-0.15, -0.1) is 0 Å². The zero-order valence-corrected chi connectivity index (χ0v) is 14.0. The molecule has 0 atom stereocenters. The van der Waals surface area contributed by atoms with Gasteiger partial charge in [0.05, 0.1) is 5.56 Å². The largest absolute Gasteiger partial charge is 0.478 e. The van der Waals surface area contributed by atoms with E-state index in [2.05, 4.69) is 10.1 Å². The summed E-state index contributed by atoms with van der Waals surface area (Å²) in [7, 11) is 1.71. The van der Waals surface area contributed by atoms with Crippen LogP contribution in [-0.2, 0) is 17.8 Å². The van der Waals surface area contributed by atoms with Gasteiger partial charge in [-0.25, -0.2) is 4.79 Å². The number of hydrogen-bond donors (Lipinski definition) is 1. The topological polar surface area (TPSA) is 96.5 Å². The Balaban J connectivity index is 1.86. The summed E-state index contributed by atoms with van der Waals surface area (Å²) >= 11 is 0. The minimum absolute atomic E-state index is 0.0402.